The van der Waals surface area contributed by atoms with Crippen LogP contribution < -0.4 is 4.90 Å². The minimum atomic E-state index is -3.72. The van der Waals surface area contributed by atoms with Crippen LogP contribution in [0.4, 0.5) is 5.95 Å². The van der Waals surface area contributed by atoms with Crippen molar-refractivity contribution in [3.05, 3.63) is 47.8 Å². The quantitative estimate of drug-likeness (QED) is 0.743. The first-order chi connectivity index (χ1) is 13.5. The van der Waals surface area contributed by atoms with Crippen molar-refractivity contribution >= 4 is 21.9 Å². The number of amides is 1. The number of sulfonamides is 1. The molecule has 1 fully saturated rings. The summed E-state index contributed by atoms with van der Waals surface area (Å²) in [5.74, 6) is 0.328. The largest absolute Gasteiger partial charge is 0.338 e. The molecule has 1 aromatic heterocycles. The molecule has 148 valence electrons. The van der Waals surface area contributed by atoms with Crippen LogP contribution in [0.5, 0.6) is 0 Å². The van der Waals surface area contributed by atoms with Crippen LogP contribution in [0.3, 0.4) is 0 Å². The Hall–Kier alpha value is -2.52. The molecule has 0 atom stereocenters. The van der Waals surface area contributed by atoms with Crippen molar-refractivity contribution in [1.82, 2.24) is 19.2 Å². The van der Waals surface area contributed by atoms with Crippen LogP contribution >= 0.6 is 0 Å². The standard InChI is InChI=1S/C19H23N5O3S/c1-15-4-5-17-16(14-15)18(25)24(28(17,26)27)9-3-8-22-10-12-23(13-11-22)19-20-6-2-7-21-19/h2,4-7,14H,3,8-13H2,1H3. The molecule has 1 saturated heterocycles. The molecule has 1 amide bonds. The molecular formula is C19H23N5O3S. The van der Waals surface area contributed by atoms with Gasteiger partial charge in [0.1, 0.15) is 4.90 Å². The van der Waals surface area contributed by atoms with Gasteiger partial charge in [-0.1, -0.05) is 11.6 Å². The molecule has 0 spiro atoms. The summed E-state index contributed by atoms with van der Waals surface area (Å²) in [7, 11) is -3.72. The number of hydrogen-bond donors (Lipinski definition) is 0. The van der Waals surface area contributed by atoms with Crippen LogP contribution in [0.2, 0.25) is 0 Å². The topological polar surface area (TPSA) is 86.7 Å². The molecule has 0 aliphatic carbocycles. The highest BCUT2D eigenvalue weighted by molar-refractivity contribution is 7.90. The molecule has 0 bridgehead atoms. The minimum Gasteiger partial charge on any atom is -0.338 e. The van der Waals surface area contributed by atoms with Crippen molar-refractivity contribution in [2.45, 2.75) is 18.2 Å². The predicted molar refractivity (Wildman–Crippen MR) is 105 cm³/mol. The first-order valence-electron chi connectivity index (χ1n) is 9.39. The van der Waals surface area contributed by atoms with E-state index in [9.17, 15) is 13.2 Å². The third-order valence-corrected chi connectivity index (χ3v) is 7.04. The smallest absolute Gasteiger partial charge is 0.269 e. The van der Waals surface area contributed by atoms with Gasteiger partial charge in [-0.3, -0.25) is 9.69 Å². The molecule has 2 aliphatic heterocycles. The Morgan fingerprint density at radius 1 is 1.04 bits per heavy atom. The fourth-order valence-electron chi connectivity index (χ4n) is 3.68. The number of carbonyl (C=O) groups excluding carboxylic acids is 1. The Bertz CT molecular complexity index is 972. The van der Waals surface area contributed by atoms with Crippen LogP contribution in [0.25, 0.3) is 0 Å². The van der Waals surface area contributed by atoms with E-state index < -0.39 is 15.9 Å². The zero-order chi connectivity index (χ0) is 19.7. The maximum absolute atomic E-state index is 12.7. The lowest BCUT2D eigenvalue weighted by Crippen LogP contribution is -2.47. The molecule has 0 radical (unpaired) electrons. The summed E-state index contributed by atoms with van der Waals surface area (Å²) in [6.07, 6.45) is 4.09. The van der Waals surface area contributed by atoms with Gasteiger partial charge in [0, 0.05) is 51.7 Å². The first kappa shape index (κ1) is 18.8. The molecule has 8 nitrogen and oxygen atoms in total. The molecule has 28 heavy (non-hydrogen) atoms. The molecule has 2 aromatic rings. The fourth-order valence-corrected chi connectivity index (χ4v) is 5.27. The van der Waals surface area contributed by atoms with Gasteiger partial charge in [-0.25, -0.2) is 22.7 Å². The minimum absolute atomic E-state index is 0.125. The lowest BCUT2D eigenvalue weighted by atomic mass is 10.1. The third-order valence-electron chi connectivity index (χ3n) is 5.20. The van der Waals surface area contributed by atoms with E-state index in [1.165, 1.54) is 6.07 Å². The number of rotatable bonds is 5. The summed E-state index contributed by atoms with van der Waals surface area (Å²) in [6.45, 7) is 6.18. The van der Waals surface area contributed by atoms with Crippen molar-refractivity contribution < 1.29 is 13.2 Å². The number of nitrogens with zero attached hydrogens (tertiary/aromatic N) is 5. The fraction of sp³-hybridized carbons (Fsp3) is 0.421. The number of aromatic nitrogens is 2. The highest BCUT2D eigenvalue weighted by Gasteiger charge is 2.40. The molecule has 3 heterocycles. The van der Waals surface area contributed by atoms with Crippen LogP contribution in [-0.4, -0.2) is 72.8 Å². The Kier molecular flexibility index (Phi) is 5.03. The third kappa shape index (κ3) is 3.47. The summed E-state index contributed by atoms with van der Waals surface area (Å²) in [5.41, 5.74) is 1.17. The number of fused-ring (bicyclic) bond motifs is 1. The lowest BCUT2D eigenvalue weighted by molar-refractivity contribution is 0.0866. The van der Waals surface area contributed by atoms with Gasteiger partial charge in [-0.15, -0.1) is 0 Å². The second-order valence-corrected chi connectivity index (χ2v) is 8.94. The van der Waals surface area contributed by atoms with Gasteiger partial charge in [-0.05, 0) is 31.5 Å². The van der Waals surface area contributed by atoms with Crippen molar-refractivity contribution in [3.8, 4) is 0 Å². The maximum Gasteiger partial charge on any atom is 0.269 e. The normalized spacial score (nSPS) is 19.1. The molecule has 0 saturated carbocycles. The summed E-state index contributed by atoms with van der Waals surface area (Å²) in [6, 6.07) is 6.71. The summed E-state index contributed by atoms with van der Waals surface area (Å²) in [4.78, 5) is 25.7. The van der Waals surface area contributed by atoms with E-state index >= 15 is 0 Å². The van der Waals surface area contributed by atoms with Gasteiger partial charge in [0.15, 0.2) is 0 Å². The molecule has 4 rings (SSSR count). The van der Waals surface area contributed by atoms with E-state index in [0.29, 0.717) is 6.42 Å². The van der Waals surface area contributed by atoms with Crippen molar-refractivity contribution in [3.63, 3.8) is 0 Å². The zero-order valence-corrected chi connectivity index (χ0v) is 16.6. The maximum atomic E-state index is 12.7. The van der Waals surface area contributed by atoms with E-state index in [0.717, 1.165) is 48.5 Å². The number of piperazine rings is 1. The number of hydrogen-bond acceptors (Lipinski definition) is 7. The van der Waals surface area contributed by atoms with Crippen LogP contribution in [-0.2, 0) is 10.0 Å². The monoisotopic (exact) mass is 401 g/mol. The highest BCUT2D eigenvalue weighted by atomic mass is 32.2. The summed E-state index contributed by atoms with van der Waals surface area (Å²) < 4.78 is 26.3. The van der Waals surface area contributed by atoms with Crippen molar-refractivity contribution in [1.29, 1.82) is 0 Å². The van der Waals surface area contributed by atoms with Gasteiger partial charge in [0.25, 0.3) is 15.9 Å². The molecule has 9 heteroatoms. The summed E-state index contributed by atoms with van der Waals surface area (Å²) in [5, 5.41) is 0. The average Bonchev–Trinajstić information content (AvgIpc) is 2.89. The van der Waals surface area contributed by atoms with Gasteiger partial charge < -0.3 is 4.90 Å². The second-order valence-electron chi connectivity index (χ2n) is 7.11. The van der Waals surface area contributed by atoms with E-state index in [-0.39, 0.29) is 17.0 Å². The predicted octanol–water partition coefficient (Wildman–Crippen LogP) is 1.14. The average molecular weight is 401 g/mol. The highest BCUT2D eigenvalue weighted by Crippen LogP contribution is 2.30. The number of anilines is 1. The first-order valence-corrected chi connectivity index (χ1v) is 10.8. The number of carbonyl (C=O) groups is 1. The van der Waals surface area contributed by atoms with Gasteiger partial charge in [-0.2, -0.15) is 0 Å². The van der Waals surface area contributed by atoms with Crippen LogP contribution in [0.15, 0.2) is 41.6 Å². The Morgan fingerprint density at radius 2 is 1.75 bits per heavy atom. The van der Waals surface area contributed by atoms with E-state index in [1.807, 2.05) is 6.92 Å². The molecule has 0 unspecified atom stereocenters. The van der Waals surface area contributed by atoms with Crippen molar-refractivity contribution in [2.75, 3.05) is 44.2 Å². The van der Waals surface area contributed by atoms with Crippen LogP contribution in [0.1, 0.15) is 22.3 Å². The van der Waals surface area contributed by atoms with Gasteiger partial charge >= 0.3 is 0 Å². The van der Waals surface area contributed by atoms with E-state index in [4.69, 9.17) is 0 Å². The molecular weight excluding hydrogens is 378 g/mol. The Morgan fingerprint density at radius 3 is 2.46 bits per heavy atom. The van der Waals surface area contributed by atoms with E-state index in [2.05, 4.69) is 19.8 Å². The SMILES string of the molecule is Cc1ccc2c(c1)C(=O)N(CCCN1CCN(c3ncccn3)CC1)S2(=O)=O. The summed E-state index contributed by atoms with van der Waals surface area (Å²) >= 11 is 0. The van der Waals surface area contributed by atoms with E-state index in [1.54, 1.807) is 30.6 Å². The van der Waals surface area contributed by atoms with Crippen molar-refractivity contribution in [2.24, 2.45) is 0 Å². The molecule has 1 aromatic carbocycles. The van der Waals surface area contributed by atoms with Crippen LogP contribution in [0, 0.1) is 6.92 Å². The molecule has 0 N–H and O–H groups in total. The van der Waals surface area contributed by atoms with Gasteiger partial charge in [0.2, 0.25) is 5.95 Å². The number of benzene rings is 1. The second kappa shape index (κ2) is 7.48. The number of aryl methyl sites for hydroxylation is 1. The Balaban J connectivity index is 1.31. The Labute approximate surface area is 164 Å². The zero-order valence-electron chi connectivity index (χ0n) is 15.8. The van der Waals surface area contributed by atoms with Gasteiger partial charge in [0.05, 0.1) is 5.56 Å². The lowest BCUT2D eigenvalue weighted by Gasteiger charge is -2.34. The molecule has 2 aliphatic rings.